The topological polar surface area (TPSA) is 167 Å². The summed E-state index contributed by atoms with van der Waals surface area (Å²) in [6, 6.07) is 11.4. The molecule has 336 valence electrons. The first-order valence-electron chi connectivity index (χ1n) is 19.3. The van der Waals surface area contributed by atoms with Crippen molar-refractivity contribution < 1.29 is 28.7 Å². The van der Waals surface area contributed by atoms with Gasteiger partial charge in [0.15, 0.2) is 10.3 Å². The predicted molar refractivity (Wildman–Crippen MR) is 265 cm³/mol. The standard InChI is InChI=1S/2C20H28N4O3S.4H2S/c2*1-12(2)17(23-20(26)27-4)18(25)24-9-5-6-14(24)11-21-19-22-15-8-7-13(3)10-16(15)28-19;;;;/h2*7-8,10,12,14,17H,5-6,9,11H2,1-4H3,(H,21,22)(H,23,26);4*1H2/t2*14-,17-;;;;/m00..../s1. The monoisotopic (exact) mass is 944 g/mol. The molecule has 0 bridgehead atoms. The molecule has 4 aromatic rings. The lowest BCUT2D eigenvalue weighted by Gasteiger charge is -2.30. The molecule has 2 aliphatic heterocycles. The number of ether oxygens (including phenoxy) is 2. The summed E-state index contributed by atoms with van der Waals surface area (Å²) in [5, 5.41) is 13.9. The number of rotatable bonds is 12. The number of amides is 4. The summed E-state index contributed by atoms with van der Waals surface area (Å²) >= 11 is 3.26. The van der Waals surface area contributed by atoms with Crippen LogP contribution in [0.2, 0.25) is 0 Å². The second-order valence-corrected chi connectivity index (χ2v) is 17.2. The first kappa shape index (κ1) is 54.7. The van der Waals surface area contributed by atoms with Gasteiger partial charge in [0.2, 0.25) is 11.8 Å². The van der Waals surface area contributed by atoms with Crippen molar-refractivity contribution in [2.45, 2.75) is 91.4 Å². The average Bonchev–Trinajstić information content (AvgIpc) is 3.99. The molecule has 0 aliphatic carbocycles. The molecule has 2 fully saturated rings. The van der Waals surface area contributed by atoms with E-state index in [1.807, 2.05) is 49.6 Å². The Bertz CT molecular complexity index is 1860. The number of carbonyl (C=O) groups excluding carboxylic acids is 4. The van der Waals surface area contributed by atoms with Gasteiger partial charge < -0.3 is 40.5 Å². The number of methoxy groups -OCH3 is 2. The molecule has 4 N–H and O–H groups in total. The lowest BCUT2D eigenvalue weighted by Crippen LogP contribution is -2.53. The number of aromatic nitrogens is 2. The minimum atomic E-state index is -0.585. The zero-order valence-electron chi connectivity index (χ0n) is 35.6. The summed E-state index contributed by atoms with van der Waals surface area (Å²) in [6.07, 6.45) is 2.63. The number of aryl methyl sites for hydroxylation is 2. The fourth-order valence-corrected chi connectivity index (χ4v) is 9.00. The Balaban J connectivity index is 0.000000562. The Morgan fingerprint density at radius 3 is 1.37 bits per heavy atom. The number of nitrogens with one attached hydrogen (secondary N) is 4. The predicted octanol–water partition coefficient (Wildman–Crippen LogP) is 7.23. The molecule has 4 atom stereocenters. The van der Waals surface area contributed by atoms with E-state index in [2.05, 4.69) is 78.8 Å². The maximum absolute atomic E-state index is 13.1. The van der Waals surface area contributed by atoms with Crippen molar-refractivity contribution in [3.05, 3.63) is 47.5 Å². The average molecular weight is 945 g/mol. The highest BCUT2D eigenvalue weighted by Gasteiger charge is 2.37. The largest absolute Gasteiger partial charge is 0.453 e. The summed E-state index contributed by atoms with van der Waals surface area (Å²) in [5.74, 6) is -0.143. The van der Waals surface area contributed by atoms with Crippen molar-refractivity contribution in [3.8, 4) is 0 Å². The van der Waals surface area contributed by atoms with Crippen LogP contribution in [0.25, 0.3) is 20.4 Å². The number of anilines is 2. The number of hydrogen-bond donors (Lipinski definition) is 4. The van der Waals surface area contributed by atoms with Crippen molar-refractivity contribution in [3.63, 3.8) is 0 Å². The van der Waals surface area contributed by atoms with Crippen LogP contribution in [0.3, 0.4) is 0 Å². The molecule has 0 radical (unpaired) electrons. The van der Waals surface area contributed by atoms with Gasteiger partial charge in [0.05, 0.1) is 34.7 Å². The van der Waals surface area contributed by atoms with E-state index < -0.39 is 24.3 Å². The van der Waals surface area contributed by atoms with Gasteiger partial charge in [-0.05, 0) is 86.8 Å². The van der Waals surface area contributed by atoms with E-state index in [0.717, 1.165) is 56.4 Å². The number of fused-ring (bicyclic) bond motifs is 2. The van der Waals surface area contributed by atoms with E-state index in [4.69, 9.17) is 0 Å². The number of carbonyl (C=O) groups is 4. The SMILES string of the molecule is COC(=O)N[C@H](C(=O)N1CCC[C@H]1CNc1nc2ccc(C)cc2s1)C(C)C.COC(=O)N[C@H](C(=O)N1CCC[C@H]1CNc1nc2ccc(C)cc2s1)C(C)C.S.S.S.S. The fraction of sp³-hybridized carbons (Fsp3) is 0.550. The Morgan fingerprint density at radius 1 is 0.667 bits per heavy atom. The highest BCUT2D eigenvalue weighted by Crippen LogP contribution is 2.29. The molecule has 14 nitrogen and oxygen atoms in total. The van der Waals surface area contributed by atoms with Crippen LogP contribution < -0.4 is 21.3 Å². The summed E-state index contributed by atoms with van der Waals surface area (Å²) in [7, 11) is 2.61. The van der Waals surface area contributed by atoms with Crippen LogP contribution in [0.1, 0.15) is 64.5 Å². The number of benzene rings is 2. The van der Waals surface area contributed by atoms with Gasteiger partial charge in [-0.1, -0.05) is 62.5 Å². The zero-order chi connectivity index (χ0) is 40.5. The molecule has 0 saturated carbocycles. The fourth-order valence-electron chi connectivity index (χ4n) is 7.06. The van der Waals surface area contributed by atoms with E-state index in [0.29, 0.717) is 26.2 Å². The highest BCUT2D eigenvalue weighted by molar-refractivity contribution is 7.59. The minimum Gasteiger partial charge on any atom is -0.453 e. The molecular formula is C40H64N8O6S6. The molecule has 20 heteroatoms. The van der Waals surface area contributed by atoms with Crippen molar-refractivity contribution in [1.29, 1.82) is 0 Å². The van der Waals surface area contributed by atoms with Crippen LogP contribution in [0.15, 0.2) is 36.4 Å². The Kier molecular flexibility index (Phi) is 23.3. The van der Waals surface area contributed by atoms with Crippen LogP contribution >= 0.6 is 76.7 Å². The quantitative estimate of drug-likeness (QED) is 0.114. The van der Waals surface area contributed by atoms with Gasteiger partial charge in [-0.15, -0.1) is 0 Å². The van der Waals surface area contributed by atoms with Crippen LogP contribution in [0, 0.1) is 25.7 Å². The van der Waals surface area contributed by atoms with Crippen molar-refractivity contribution in [1.82, 2.24) is 30.4 Å². The lowest BCUT2D eigenvalue weighted by molar-refractivity contribution is -0.135. The first-order chi connectivity index (χ1) is 26.8. The van der Waals surface area contributed by atoms with Gasteiger partial charge >= 0.3 is 12.2 Å². The maximum Gasteiger partial charge on any atom is 0.407 e. The molecule has 4 heterocycles. The second kappa shape index (κ2) is 25.6. The summed E-state index contributed by atoms with van der Waals surface area (Å²) in [4.78, 5) is 62.4. The molecule has 60 heavy (non-hydrogen) atoms. The summed E-state index contributed by atoms with van der Waals surface area (Å²) in [6.45, 7) is 14.5. The van der Waals surface area contributed by atoms with Crippen molar-refractivity contribution in [2.24, 2.45) is 11.8 Å². The molecule has 2 aromatic heterocycles. The molecular weight excluding hydrogens is 881 g/mol. The van der Waals surface area contributed by atoms with Crippen LogP contribution in [0.5, 0.6) is 0 Å². The summed E-state index contributed by atoms with van der Waals surface area (Å²) < 4.78 is 11.7. The molecule has 0 unspecified atom stereocenters. The molecule has 4 amide bonds. The third kappa shape index (κ3) is 14.4. The van der Waals surface area contributed by atoms with Gasteiger partial charge in [0.1, 0.15) is 12.1 Å². The van der Waals surface area contributed by atoms with Crippen LogP contribution in [-0.2, 0) is 19.1 Å². The minimum absolute atomic E-state index is 0. The van der Waals surface area contributed by atoms with Gasteiger partial charge in [0.25, 0.3) is 0 Å². The molecule has 6 rings (SSSR count). The first-order valence-corrected chi connectivity index (χ1v) is 20.9. The number of nitrogens with zero attached hydrogens (tertiary/aromatic N) is 4. The second-order valence-electron chi connectivity index (χ2n) is 15.1. The molecule has 0 spiro atoms. The molecule has 2 saturated heterocycles. The Labute approximate surface area is 389 Å². The number of hydrogen-bond acceptors (Lipinski definition) is 12. The zero-order valence-corrected chi connectivity index (χ0v) is 41.3. The molecule has 2 aromatic carbocycles. The van der Waals surface area contributed by atoms with Crippen LogP contribution in [-0.4, -0.2) is 108 Å². The Morgan fingerprint density at radius 2 is 1.03 bits per heavy atom. The van der Waals surface area contributed by atoms with E-state index in [-0.39, 0.29) is 89.7 Å². The highest BCUT2D eigenvalue weighted by atomic mass is 32.1. The van der Waals surface area contributed by atoms with Gasteiger partial charge in [0, 0.05) is 38.3 Å². The maximum atomic E-state index is 13.1. The third-order valence-electron chi connectivity index (χ3n) is 10.2. The van der Waals surface area contributed by atoms with Gasteiger partial charge in [-0.2, -0.15) is 54.0 Å². The molecule has 2 aliphatic rings. The number of thiazole rings is 2. The van der Waals surface area contributed by atoms with Gasteiger partial charge in [-0.25, -0.2) is 19.6 Å². The summed E-state index contributed by atoms with van der Waals surface area (Å²) in [5.41, 5.74) is 4.40. The number of alkyl carbamates (subject to hydrolysis) is 2. The smallest absolute Gasteiger partial charge is 0.407 e. The lowest BCUT2D eigenvalue weighted by atomic mass is 10.0. The van der Waals surface area contributed by atoms with Crippen molar-refractivity contribution >= 4 is 131 Å². The van der Waals surface area contributed by atoms with E-state index in [1.165, 1.54) is 25.3 Å². The van der Waals surface area contributed by atoms with E-state index in [1.54, 1.807) is 22.7 Å². The van der Waals surface area contributed by atoms with Gasteiger partial charge in [-0.3, -0.25) is 9.59 Å². The van der Waals surface area contributed by atoms with E-state index >= 15 is 0 Å². The van der Waals surface area contributed by atoms with E-state index in [9.17, 15) is 19.2 Å². The normalized spacial score (nSPS) is 16.6. The third-order valence-corrected chi connectivity index (χ3v) is 12.1. The van der Waals surface area contributed by atoms with Crippen LogP contribution in [0.4, 0.5) is 19.9 Å². The van der Waals surface area contributed by atoms with Crippen molar-refractivity contribution in [2.75, 3.05) is 51.0 Å². The Hall–Kier alpha value is -3.30. The number of likely N-dealkylation sites (tertiary alicyclic amines) is 2.